The lowest BCUT2D eigenvalue weighted by molar-refractivity contribution is -0.145. The van der Waals surface area contributed by atoms with Crippen molar-refractivity contribution in [3.8, 4) is 5.75 Å². The van der Waals surface area contributed by atoms with Crippen LogP contribution in [0.3, 0.4) is 0 Å². The number of nitrogens with zero attached hydrogens (tertiary/aromatic N) is 1. The number of aliphatic carboxylic acids is 1. The Kier molecular flexibility index (Phi) is 5.88. The van der Waals surface area contributed by atoms with Crippen LogP contribution < -0.4 is 4.74 Å². The maximum Gasteiger partial charge on any atom is 0.306 e. The molecule has 1 amide bonds. The first-order chi connectivity index (χ1) is 10.9. The van der Waals surface area contributed by atoms with Crippen molar-refractivity contribution >= 4 is 23.5 Å². The summed E-state index contributed by atoms with van der Waals surface area (Å²) < 4.78 is 5.64. The Morgan fingerprint density at radius 3 is 2.78 bits per heavy atom. The van der Waals surface area contributed by atoms with Crippen LogP contribution in [0.1, 0.15) is 37.0 Å². The third-order valence-electron chi connectivity index (χ3n) is 4.14. The highest BCUT2D eigenvalue weighted by Gasteiger charge is 2.34. The minimum absolute atomic E-state index is 0.0793. The van der Waals surface area contributed by atoms with Gasteiger partial charge < -0.3 is 14.7 Å². The number of amides is 1. The maximum absolute atomic E-state index is 12.8. The Morgan fingerprint density at radius 1 is 1.43 bits per heavy atom. The lowest BCUT2D eigenvalue weighted by atomic mass is 9.87. The predicted octanol–water partition coefficient (Wildman–Crippen LogP) is 3.31. The molecule has 0 bridgehead atoms. The molecular formula is C17H22ClNO4. The van der Waals surface area contributed by atoms with Crippen LogP contribution in [0.15, 0.2) is 18.2 Å². The second kappa shape index (κ2) is 7.68. The van der Waals surface area contributed by atoms with E-state index in [1.807, 2.05) is 13.8 Å². The van der Waals surface area contributed by atoms with E-state index in [1.54, 1.807) is 23.1 Å². The number of carboxylic acids is 1. The van der Waals surface area contributed by atoms with Crippen LogP contribution in [0, 0.1) is 11.8 Å². The molecule has 1 aliphatic heterocycles. The van der Waals surface area contributed by atoms with Crippen molar-refractivity contribution in [3.63, 3.8) is 0 Å². The molecule has 0 aromatic heterocycles. The fourth-order valence-electron chi connectivity index (χ4n) is 2.87. The van der Waals surface area contributed by atoms with E-state index in [0.29, 0.717) is 42.5 Å². The summed E-state index contributed by atoms with van der Waals surface area (Å²) in [6.07, 6.45) is 1.31. The molecule has 1 saturated heterocycles. The van der Waals surface area contributed by atoms with E-state index in [0.717, 1.165) is 6.42 Å². The topological polar surface area (TPSA) is 66.8 Å². The van der Waals surface area contributed by atoms with E-state index in [9.17, 15) is 14.7 Å². The molecule has 5 nitrogen and oxygen atoms in total. The smallest absolute Gasteiger partial charge is 0.306 e. The van der Waals surface area contributed by atoms with E-state index < -0.39 is 11.9 Å². The summed E-state index contributed by atoms with van der Waals surface area (Å²) in [5.74, 6) is -0.901. The molecule has 0 radical (unpaired) electrons. The van der Waals surface area contributed by atoms with Crippen LogP contribution in [0.4, 0.5) is 0 Å². The van der Waals surface area contributed by atoms with Gasteiger partial charge >= 0.3 is 5.97 Å². The minimum Gasteiger partial charge on any atom is -0.493 e. The van der Waals surface area contributed by atoms with E-state index in [1.165, 1.54) is 0 Å². The number of hydrogen-bond donors (Lipinski definition) is 1. The summed E-state index contributed by atoms with van der Waals surface area (Å²) in [5, 5.41) is 9.66. The number of hydrogen-bond acceptors (Lipinski definition) is 3. The van der Waals surface area contributed by atoms with Crippen molar-refractivity contribution < 1.29 is 19.4 Å². The molecule has 6 heteroatoms. The average molecular weight is 340 g/mol. The third kappa shape index (κ3) is 4.16. The van der Waals surface area contributed by atoms with Crippen LogP contribution in [0.25, 0.3) is 0 Å². The van der Waals surface area contributed by atoms with E-state index in [2.05, 4.69) is 0 Å². The van der Waals surface area contributed by atoms with Crippen molar-refractivity contribution in [2.24, 2.45) is 11.8 Å². The summed E-state index contributed by atoms with van der Waals surface area (Å²) in [5.41, 5.74) is 0.437. The molecule has 2 unspecified atom stereocenters. The molecule has 0 aliphatic carbocycles. The maximum atomic E-state index is 12.8. The number of carboxylic acid groups (broad SMARTS) is 1. The first-order valence-corrected chi connectivity index (χ1v) is 8.26. The van der Waals surface area contributed by atoms with E-state index >= 15 is 0 Å². The summed E-state index contributed by atoms with van der Waals surface area (Å²) in [6.45, 7) is 5.25. The Labute approximate surface area is 141 Å². The van der Waals surface area contributed by atoms with Gasteiger partial charge in [0.1, 0.15) is 5.75 Å². The van der Waals surface area contributed by atoms with Gasteiger partial charge in [0.2, 0.25) is 0 Å². The van der Waals surface area contributed by atoms with Gasteiger partial charge in [-0.05, 0) is 37.0 Å². The molecule has 1 heterocycles. The number of halogens is 1. The van der Waals surface area contributed by atoms with Crippen LogP contribution in [0.5, 0.6) is 5.75 Å². The standard InChI is InChI=1S/C17H22ClNO4/c1-3-8-23-15-5-4-12(18)9-14(15)16(20)19-7-6-13(17(21)22)11(2)10-19/h4-5,9,11,13H,3,6-8,10H2,1-2H3,(H,21,22). The summed E-state index contributed by atoms with van der Waals surface area (Å²) in [7, 11) is 0. The zero-order valence-corrected chi connectivity index (χ0v) is 14.2. The molecule has 126 valence electrons. The Morgan fingerprint density at radius 2 is 2.17 bits per heavy atom. The second-order valence-corrected chi connectivity index (χ2v) is 6.39. The van der Waals surface area contributed by atoms with Crippen molar-refractivity contribution in [1.29, 1.82) is 0 Å². The van der Waals surface area contributed by atoms with Gasteiger partial charge in [-0.1, -0.05) is 25.4 Å². The molecule has 1 fully saturated rings. The zero-order chi connectivity index (χ0) is 17.0. The van der Waals surface area contributed by atoms with Gasteiger partial charge in [0.25, 0.3) is 5.91 Å². The number of likely N-dealkylation sites (tertiary alicyclic amines) is 1. The first kappa shape index (κ1) is 17.6. The van der Waals surface area contributed by atoms with Crippen LogP contribution >= 0.6 is 11.6 Å². The Bertz CT molecular complexity index is 590. The number of carbonyl (C=O) groups is 2. The van der Waals surface area contributed by atoms with Gasteiger partial charge in [0.05, 0.1) is 18.1 Å². The zero-order valence-electron chi connectivity index (χ0n) is 13.4. The highest BCUT2D eigenvalue weighted by Crippen LogP contribution is 2.29. The lowest BCUT2D eigenvalue weighted by Gasteiger charge is -2.35. The first-order valence-electron chi connectivity index (χ1n) is 7.88. The molecule has 2 atom stereocenters. The largest absolute Gasteiger partial charge is 0.493 e. The lowest BCUT2D eigenvalue weighted by Crippen LogP contribution is -2.45. The van der Waals surface area contributed by atoms with Gasteiger partial charge in [-0.15, -0.1) is 0 Å². The molecule has 1 N–H and O–H groups in total. The third-order valence-corrected chi connectivity index (χ3v) is 4.38. The van der Waals surface area contributed by atoms with Crippen molar-refractivity contribution in [2.45, 2.75) is 26.7 Å². The van der Waals surface area contributed by atoms with Crippen molar-refractivity contribution in [1.82, 2.24) is 4.90 Å². The molecule has 0 spiro atoms. The molecule has 23 heavy (non-hydrogen) atoms. The van der Waals surface area contributed by atoms with Crippen LogP contribution in [0.2, 0.25) is 5.02 Å². The number of benzene rings is 1. The molecule has 1 aromatic rings. The quantitative estimate of drug-likeness (QED) is 0.893. The highest BCUT2D eigenvalue weighted by molar-refractivity contribution is 6.31. The summed E-state index contributed by atoms with van der Waals surface area (Å²) >= 11 is 6.02. The molecule has 1 aromatic carbocycles. The van der Waals surface area contributed by atoms with Crippen molar-refractivity contribution in [2.75, 3.05) is 19.7 Å². The number of piperidine rings is 1. The van der Waals surface area contributed by atoms with Crippen LogP contribution in [-0.4, -0.2) is 41.6 Å². The summed E-state index contributed by atoms with van der Waals surface area (Å²) in [6, 6.07) is 5.02. The molecular weight excluding hydrogens is 318 g/mol. The van der Waals surface area contributed by atoms with Gasteiger partial charge in [0, 0.05) is 18.1 Å². The molecule has 1 aliphatic rings. The Hall–Kier alpha value is -1.75. The van der Waals surface area contributed by atoms with Gasteiger partial charge in [-0.3, -0.25) is 9.59 Å². The van der Waals surface area contributed by atoms with E-state index in [4.69, 9.17) is 16.3 Å². The van der Waals surface area contributed by atoms with Gasteiger partial charge in [-0.25, -0.2) is 0 Å². The highest BCUT2D eigenvalue weighted by atomic mass is 35.5. The number of rotatable bonds is 5. The Balaban J connectivity index is 2.17. The minimum atomic E-state index is -0.792. The fraction of sp³-hybridized carbons (Fsp3) is 0.529. The normalized spacial score (nSPS) is 21.1. The summed E-state index contributed by atoms with van der Waals surface area (Å²) in [4.78, 5) is 25.7. The van der Waals surface area contributed by atoms with Crippen LogP contribution in [-0.2, 0) is 4.79 Å². The van der Waals surface area contributed by atoms with Gasteiger partial charge in [-0.2, -0.15) is 0 Å². The second-order valence-electron chi connectivity index (χ2n) is 5.95. The molecule has 2 rings (SSSR count). The van der Waals surface area contributed by atoms with E-state index in [-0.39, 0.29) is 11.8 Å². The molecule has 0 saturated carbocycles. The predicted molar refractivity (Wildman–Crippen MR) is 88.0 cm³/mol. The monoisotopic (exact) mass is 339 g/mol. The van der Waals surface area contributed by atoms with Gasteiger partial charge in [0.15, 0.2) is 0 Å². The van der Waals surface area contributed by atoms with Crippen molar-refractivity contribution in [3.05, 3.63) is 28.8 Å². The SMILES string of the molecule is CCCOc1ccc(Cl)cc1C(=O)N1CCC(C(=O)O)C(C)C1. The number of carbonyl (C=O) groups excluding carboxylic acids is 1. The fourth-order valence-corrected chi connectivity index (χ4v) is 3.05. The average Bonchev–Trinajstić information content (AvgIpc) is 2.52. The number of ether oxygens (including phenoxy) is 1.